The van der Waals surface area contributed by atoms with E-state index in [1.54, 1.807) is 37.5 Å². The summed E-state index contributed by atoms with van der Waals surface area (Å²) < 4.78 is 5.12. The molecule has 2 rings (SSSR count). The van der Waals surface area contributed by atoms with Gasteiger partial charge in [0.1, 0.15) is 5.76 Å². The molecule has 0 radical (unpaired) electrons. The molecule has 1 N–H and O–H groups in total. The van der Waals surface area contributed by atoms with Crippen LogP contribution in [0.4, 0.5) is 5.69 Å². The van der Waals surface area contributed by atoms with Gasteiger partial charge in [0, 0.05) is 12.1 Å². The fourth-order valence-corrected chi connectivity index (χ4v) is 1.78. The highest BCUT2D eigenvalue weighted by atomic mass is 16.6. The standard InChI is InChI=1S/C14H14N2O4/c1-10(11-4-6-12(7-5-11)16(18)19)14(17)15-9-13-3-2-8-20-13/h2-8,10H,9H2,1H3,(H,15,17)/t10-/m1/s1. The Morgan fingerprint density at radius 3 is 2.60 bits per heavy atom. The van der Waals surface area contributed by atoms with Crippen LogP contribution < -0.4 is 5.32 Å². The second-order valence-electron chi connectivity index (χ2n) is 4.37. The summed E-state index contributed by atoms with van der Waals surface area (Å²) in [5.74, 6) is 0.135. The van der Waals surface area contributed by atoms with E-state index in [1.807, 2.05) is 0 Å². The Morgan fingerprint density at radius 1 is 1.35 bits per heavy atom. The first-order valence-electron chi connectivity index (χ1n) is 6.12. The van der Waals surface area contributed by atoms with Crippen molar-refractivity contribution in [2.45, 2.75) is 19.4 Å². The molecule has 1 atom stereocenters. The van der Waals surface area contributed by atoms with Crippen LogP contribution in [0, 0.1) is 10.1 Å². The first-order chi connectivity index (χ1) is 9.58. The number of nitro groups is 1. The monoisotopic (exact) mass is 274 g/mol. The average molecular weight is 274 g/mol. The third-order valence-corrected chi connectivity index (χ3v) is 3.01. The molecule has 6 nitrogen and oxygen atoms in total. The van der Waals surface area contributed by atoms with Gasteiger partial charge in [0.15, 0.2) is 0 Å². The second-order valence-corrected chi connectivity index (χ2v) is 4.37. The van der Waals surface area contributed by atoms with Crippen LogP contribution in [0.2, 0.25) is 0 Å². The highest BCUT2D eigenvalue weighted by molar-refractivity contribution is 5.83. The van der Waals surface area contributed by atoms with Crippen molar-refractivity contribution in [1.29, 1.82) is 0 Å². The van der Waals surface area contributed by atoms with Gasteiger partial charge in [-0.15, -0.1) is 0 Å². The number of non-ortho nitro benzene ring substituents is 1. The van der Waals surface area contributed by atoms with E-state index in [0.717, 1.165) is 5.56 Å². The molecule has 2 aromatic rings. The quantitative estimate of drug-likeness (QED) is 0.670. The fourth-order valence-electron chi connectivity index (χ4n) is 1.78. The molecule has 1 aromatic heterocycles. The first kappa shape index (κ1) is 13.8. The van der Waals surface area contributed by atoms with Crippen LogP contribution in [0.1, 0.15) is 24.2 Å². The van der Waals surface area contributed by atoms with Crippen LogP contribution in [0.5, 0.6) is 0 Å². The molecule has 0 aliphatic rings. The fraction of sp³-hybridized carbons (Fsp3) is 0.214. The van der Waals surface area contributed by atoms with Crippen molar-refractivity contribution in [3.05, 3.63) is 64.1 Å². The largest absolute Gasteiger partial charge is 0.467 e. The van der Waals surface area contributed by atoms with E-state index in [1.165, 1.54) is 12.1 Å². The van der Waals surface area contributed by atoms with Gasteiger partial charge in [0.05, 0.1) is 23.6 Å². The molecule has 1 heterocycles. The van der Waals surface area contributed by atoms with Crippen molar-refractivity contribution >= 4 is 11.6 Å². The van der Waals surface area contributed by atoms with Gasteiger partial charge in [-0.3, -0.25) is 14.9 Å². The summed E-state index contributed by atoms with van der Waals surface area (Å²) in [5.41, 5.74) is 0.740. The normalized spacial score (nSPS) is 11.8. The van der Waals surface area contributed by atoms with Gasteiger partial charge in [-0.1, -0.05) is 12.1 Å². The lowest BCUT2D eigenvalue weighted by atomic mass is 10.00. The van der Waals surface area contributed by atoms with Crippen LogP contribution in [0.25, 0.3) is 0 Å². The van der Waals surface area contributed by atoms with Gasteiger partial charge in [-0.05, 0) is 24.6 Å². The SMILES string of the molecule is C[C@@H](C(=O)NCc1ccco1)c1ccc([N+](=O)[O-])cc1. The minimum absolute atomic E-state index is 0.0111. The maximum atomic E-state index is 12.0. The first-order valence-corrected chi connectivity index (χ1v) is 6.12. The van der Waals surface area contributed by atoms with Gasteiger partial charge in [0.2, 0.25) is 5.91 Å². The zero-order chi connectivity index (χ0) is 14.5. The van der Waals surface area contributed by atoms with E-state index in [2.05, 4.69) is 5.32 Å². The molecule has 0 aliphatic carbocycles. The Bertz CT molecular complexity index is 590. The number of amides is 1. The highest BCUT2D eigenvalue weighted by Gasteiger charge is 2.16. The lowest BCUT2D eigenvalue weighted by molar-refractivity contribution is -0.384. The number of nitrogens with zero attached hydrogens (tertiary/aromatic N) is 1. The molecule has 0 spiro atoms. The molecule has 0 saturated carbocycles. The number of hydrogen-bond donors (Lipinski definition) is 1. The molecule has 0 saturated heterocycles. The number of carbonyl (C=O) groups is 1. The van der Waals surface area contributed by atoms with Crippen LogP contribution in [-0.4, -0.2) is 10.8 Å². The zero-order valence-electron chi connectivity index (χ0n) is 10.9. The van der Waals surface area contributed by atoms with Gasteiger partial charge < -0.3 is 9.73 Å². The molecule has 20 heavy (non-hydrogen) atoms. The van der Waals surface area contributed by atoms with Crippen molar-refractivity contribution in [1.82, 2.24) is 5.32 Å². The molecule has 1 aromatic carbocycles. The van der Waals surface area contributed by atoms with Crippen molar-refractivity contribution in [3.63, 3.8) is 0 Å². The lowest BCUT2D eigenvalue weighted by Gasteiger charge is -2.11. The van der Waals surface area contributed by atoms with E-state index in [0.29, 0.717) is 12.3 Å². The Kier molecular flexibility index (Phi) is 4.14. The minimum Gasteiger partial charge on any atom is -0.467 e. The molecular formula is C14H14N2O4. The molecule has 0 aliphatic heterocycles. The van der Waals surface area contributed by atoms with Gasteiger partial charge in [-0.25, -0.2) is 0 Å². The third kappa shape index (κ3) is 3.23. The summed E-state index contributed by atoms with van der Waals surface area (Å²) in [6.45, 7) is 2.07. The summed E-state index contributed by atoms with van der Waals surface area (Å²) in [4.78, 5) is 22.1. The Labute approximate surface area is 115 Å². The number of hydrogen-bond acceptors (Lipinski definition) is 4. The van der Waals surface area contributed by atoms with Crippen LogP contribution >= 0.6 is 0 Å². The number of carbonyl (C=O) groups excluding carboxylic acids is 1. The van der Waals surface area contributed by atoms with Crippen molar-refractivity contribution < 1.29 is 14.1 Å². The summed E-state index contributed by atoms with van der Waals surface area (Å²) in [7, 11) is 0. The molecule has 104 valence electrons. The number of furan rings is 1. The van der Waals surface area contributed by atoms with Gasteiger partial charge in [-0.2, -0.15) is 0 Å². The molecule has 0 fully saturated rings. The molecular weight excluding hydrogens is 260 g/mol. The maximum absolute atomic E-state index is 12.0. The van der Waals surface area contributed by atoms with E-state index in [9.17, 15) is 14.9 Å². The average Bonchev–Trinajstić information content (AvgIpc) is 2.97. The smallest absolute Gasteiger partial charge is 0.269 e. The Morgan fingerprint density at radius 2 is 2.05 bits per heavy atom. The number of benzene rings is 1. The predicted octanol–water partition coefficient (Wildman–Crippen LogP) is 2.61. The summed E-state index contributed by atoms with van der Waals surface area (Å²) in [5, 5.41) is 13.3. The van der Waals surface area contributed by atoms with Crippen molar-refractivity contribution in [2.24, 2.45) is 0 Å². The molecule has 0 unspecified atom stereocenters. The van der Waals surface area contributed by atoms with Crippen LogP contribution in [-0.2, 0) is 11.3 Å². The summed E-state index contributed by atoms with van der Waals surface area (Å²) in [6.07, 6.45) is 1.54. The minimum atomic E-state index is -0.467. The Hall–Kier alpha value is -2.63. The van der Waals surface area contributed by atoms with Crippen molar-refractivity contribution in [2.75, 3.05) is 0 Å². The van der Waals surface area contributed by atoms with E-state index in [4.69, 9.17) is 4.42 Å². The van der Waals surface area contributed by atoms with E-state index >= 15 is 0 Å². The number of rotatable bonds is 5. The third-order valence-electron chi connectivity index (χ3n) is 3.01. The van der Waals surface area contributed by atoms with Gasteiger partial charge >= 0.3 is 0 Å². The number of nitro benzene ring substituents is 1. The van der Waals surface area contributed by atoms with Crippen LogP contribution in [0.3, 0.4) is 0 Å². The topological polar surface area (TPSA) is 85.4 Å². The Balaban J connectivity index is 1.97. The lowest BCUT2D eigenvalue weighted by Crippen LogP contribution is -2.27. The summed E-state index contributed by atoms with van der Waals surface area (Å²) in [6, 6.07) is 9.50. The highest BCUT2D eigenvalue weighted by Crippen LogP contribution is 2.19. The predicted molar refractivity (Wildman–Crippen MR) is 72.1 cm³/mol. The van der Waals surface area contributed by atoms with Crippen LogP contribution in [0.15, 0.2) is 47.1 Å². The second kappa shape index (κ2) is 6.01. The zero-order valence-corrected chi connectivity index (χ0v) is 10.9. The van der Waals surface area contributed by atoms with E-state index < -0.39 is 4.92 Å². The van der Waals surface area contributed by atoms with Gasteiger partial charge in [0.25, 0.3) is 5.69 Å². The van der Waals surface area contributed by atoms with E-state index in [-0.39, 0.29) is 17.5 Å². The maximum Gasteiger partial charge on any atom is 0.269 e. The van der Waals surface area contributed by atoms with Crippen molar-refractivity contribution in [3.8, 4) is 0 Å². The molecule has 1 amide bonds. The molecule has 0 bridgehead atoms. The molecule has 6 heteroatoms. The summed E-state index contributed by atoms with van der Waals surface area (Å²) >= 11 is 0. The number of nitrogens with one attached hydrogen (secondary N) is 1.